The van der Waals surface area contributed by atoms with E-state index in [-0.39, 0.29) is 17.9 Å². The van der Waals surface area contributed by atoms with Crippen molar-refractivity contribution in [3.05, 3.63) is 112 Å². The Labute approximate surface area is 320 Å². The molecule has 0 spiro atoms. The first-order valence-corrected chi connectivity index (χ1v) is 18.9. The molecule has 0 radical (unpaired) electrons. The normalized spacial score (nSPS) is 15.1. The van der Waals surface area contributed by atoms with Crippen LogP contribution >= 0.6 is 0 Å². The smallest absolute Gasteiger partial charge is 0.435 e. The highest BCUT2D eigenvalue weighted by molar-refractivity contribution is 7.84. The molecule has 1 unspecified atom stereocenters. The van der Waals surface area contributed by atoms with Gasteiger partial charge in [0.05, 0.1) is 44.3 Å². The molecule has 1 fully saturated rings. The molecule has 3 aromatic carbocycles. The number of carbonyl (C=O) groups excluding carboxylic acids is 2. The number of halogens is 4. The first-order chi connectivity index (χ1) is 25.7. The average molecular weight is 781 g/mol. The zero-order valence-corrected chi connectivity index (χ0v) is 32.3. The van der Waals surface area contributed by atoms with Gasteiger partial charge in [-0.05, 0) is 113 Å². The molecule has 1 aromatic heterocycles. The van der Waals surface area contributed by atoms with Gasteiger partial charge < -0.3 is 15.4 Å². The fourth-order valence-electron chi connectivity index (χ4n) is 5.85. The second-order valence-electron chi connectivity index (χ2n) is 15.6. The molecule has 15 heteroatoms. The van der Waals surface area contributed by atoms with Gasteiger partial charge in [-0.3, -0.25) is 4.79 Å². The number of ether oxygens (including phenoxy) is 1. The summed E-state index contributed by atoms with van der Waals surface area (Å²) in [5.74, 6) is -1.52. The molecule has 2 atom stereocenters. The Morgan fingerprint density at radius 3 is 2.29 bits per heavy atom. The number of alkyl halides is 3. The van der Waals surface area contributed by atoms with Gasteiger partial charge in [0.25, 0.3) is 5.91 Å². The number of nitriles is 1. The van der Waals surface area contributed by atoms with Gasteiger partial charge in [-0.15, -0.1) is 0 Å². The Balaban J connectivity index is 1.55. The highest BCUT2D eigenvalue weighted by Crippen LogP contribution is 2.43. The third kappa shape index (κ3) is 10.4. The summed E-state index contributed by atoms with van der Waals surface area (Å²) in [5.41, 5.74) is -2.28. The Kier molecular flexibility index (Phi) is 11.9. The van der Waals surface area contributed by atoms with Crippen LogP contribution < -0.4 is 15.4 Å². The monoisotopic (exact) mass is 780 g/mol. The number of amides is 2. The molecule has 0 saturated heterocycles. The van der Waals surface area contributed by atoms with E-state index in [4.69, 9.17) is 4.74 Å². The van der Waals surface area contributed by atoms with Crippen molar-refractivity contribution in [2.24, 2.45) is 5.92 Å². The summed E-state index contributed by atoms with van der Waals surface area (Å²) < 4.78 is 80.2. The Bertz CT molecular complexity index is 2130. The van der Waals surface area contributed by atoms with E-state index in [2.05, 4.69) is 26.5 Å². The summed E-state index contributed by atoms with van der Waals surface area (Å²) in [4.78, 5) is 26.1. The number of carbonyl (C=O) groups is 2. The van der Waals surface area contributed by atoms with E-state index >= 15 is 4.39 Å². The second kappa shape index (κ2) is 16.0. The molecule has 0 aliphatic heterocycles. The van der Waals surface area contributed by atoms with Gasteiger partial charge in [0, 0.05) is 12.6 Å². The van der Waals surface area contributed by atoms with Crippen molar-refractivity contribution in [2.45, 2.75) is 95.8 Å². The Morgan fingerprint density at radius 1 is 0.964 bits per heavy atom. The summed E-state index contributed by atoms with van der Waals surface area (Å²) in [7, 11) is -1.67. The molecule has 4 aromatic rings. The van der Waals surface area contributed by atoms with E-state index in [1.165, 1.54) is 30.3 Å². The van der Waals surface area contributed by atoms with Crippen molar-refractivity contribution in [1.29, 1.82) is 5.26 Å². The predicted octanol–water partition coefficient (Wildman–Crippen LogP) is 8.66. The molecule has 5 rings (SSSR count). The maximum absolute atomic E-state index is 15.7. The van der Waals surface area contributed by atoms with Gasteiger partial charge in [-0.25, -0.2) is 22.8 Å². The van der Waals surface area contributed by atoms with E-state index < -0.39 is 62.3 Å². The first-order valence-electron chi connectivity index (χ1n) is 17.7. The van der Waals surface area contributed by atoms with E-state index in [0.29, 0.717) is 40.7 Å². The quantitative estimate of drug-likeness (QED) is 0.123. The van der Waals surface area contributed by atoms with Crippen molar-refractivity contribution >= 4 is 28.7 Å². The zero-order chi connectivity index (χ0) is 40.3. The van der Waals surface area contributed by atoms with Crippen molar-refractivity contribution in [3.63, 3.8) is 0 Å². The summed E-state index contributed by atoms with van der Waals surface area (Å²) in [6.07, 6.45) is -2.44. The number of alkyl carbamates (subject to hydrolysis) is 1. The van der Waals surface area contributed by atoms with Crippen LogP contribution in [0.1, 0.15) is 106 Å². The van der Waals surface area contributed by atoms with E-state index in [0.717, 1.165) is 30.0 Å². The van der Waals surface area contributed by atoms with Gasteiger partial charge in [0.2, 0.25) is 0 Å². The predicted molar refractivity (Wildman–Crippen MR) is 201 cm³/mol. The standard InChI is InChI=1S/C40H44F4N6O4S/c1-37(2,3)54-36(52)46-24-27-10-8-12-30(20-27)50-33(22-34(48-50)40(42,43)44)35(51)47-32-21-29(15-16-31(32)41)39(18-17-25-13-14-25,49-55(53)38(4,5)6)28-11-7-9-26(19-28)23-45/h7-12,15-16,19-22,25,49H,13-14,17-18,24H2,1-6H3,(H,46,52)(H,47,51)/t39?,55-/m1/s1. The Hall–Kier alpha value is -5.07. The van der Waals surface area contributed by atoms with Crippen LogP contribution in [0.3, 0.4) is 0 Å². The number of hydrogen-bond acceptors (Lipinski definition) is 6. The van der Waals surface area contributed by atoms with Crippen LogP contribution in [0, 0.1) is 23.1 Å². The number of nitrogens with zero attached hydrogens (tertiary/aromatic N) is 3. The molecule has 10 nitrogen and oxygen atoms in total. The first kappa shape index (κ1) is 41.1. The van der Waals surface area contributed by atoms with Crippen molar-refractivity contribution in [3.8, 4) is 11.8 Å². The lowest BCUT2D eigenvalue weighted by Crippen LogP contribution is -2.49. The molecule has 2 amide bonds. The zero-order valence-electron chi connectivity index (χ0n) is 31.4. The lowest BCUT2D eigenvalue weighted by Gasteiger charge is -2.38. The van der Waals surface area contributed by atoms with Crippen LogP contribution in [0.15, 0.2) is 72.8 Å². The average Bonchev–Trinajstić information content (AvgIpc) is 3.82. The van der Waals surface area contributed by atoms with Crippen molar-refractivity contribution < 1.29 is 36.1 Å². The lowest BCUT2D eigenvalue weighted by atomic mass is 9.79. The largest absolute Gasteiger partial charge is 0.444 e. The summed E-state index contributed by atoms with van der Waals surface area (Å²) in [5, 5.41) is 18.5. The van der Waals surface area contributed by atoms with Gasteiger partial charge in [0.1, 0.15) is 17.1 Å². The van der Waals surface area contributed by atoms with Crippen LogP contribution in [-0.2, 0) is 34.0 Å². The van der Waals surface area contributed by atoms with Crippen LogP contribution in [0.2, 0.25) is 0 Å². The fourth-order valence-corrected chi connectivity index (χ4v) is 6.82. The maximum Gasteiger partial charge on any atom is 0.435 e. The summed E-state index contributed by atoms with van der Waals surface area (Å²) >= 11 is 0. The molecule has 1 saturated carbocycles. The highest BCUT2D eigenvalue weighted by Gasteiger charge is 2.41. The van der Waals surface area contributed by atoms with Crippen molar-refractivity contribution in [1.82, 2.24) is 19.8 Å². The molecular weight excluding hydrogens is 737 g/mol. The SMILES string of the molecule is CC(C)(C)OC(=O)NCc1cccc(-n2nc(C(F)(F)F)cc2C(=O)Nc2cc(C(CCC3CC3)(N[S@](=O)C(C)(C)C)c3cccc(C#N)c3)ccc2F)c1. The number of benzene rings is 3. The van der Waals surface area contributed by atoms with E-state index in [1.54, 1.807) is 71.9 Å². The number of rotatable bonds is 12. The number of anilines is 1. The fraction of sp³-hybridized carbons (Fsp3) is 0.400. The summed E-state index contributed by atoms with van der Waals surface area (Å²) in [6.45, 7) is 10.5. The molecule has 1 aliphatic rings. The molecule has 55 heavy (non-hydrogen) atoms. The lowest BCUT2D eigenvalue weighted by molar-refractivity contribution is -0.141. The third-order valence-corrected chi connectivity index (χ3v) is 10.5. The third-order valence-electron chi connectivity index (χ3n) is 8.86. The second-order valence-corrected chi connectivity index (χ2v) is 17.5. The van der Waals surface area contributed by atoms with Crippen LogP contribution in [-0.4, -0.2) is 36.3 Å². The van der Waals surface area contributed by atoms with Gasteiger partial charge >= 0.3 is 12.3 Å². The molecule has 0 bridgehead atoms. The summed E-state index contributed by atoms with van der Waals surface area (Å²) in [6, 6.07) is 19.6. The van der Waals surface area contributed by atoms with Crippen molar-refractivity contribution in [2.75, 3.05) is 5.32 Å². The number of nitrogens with one attached hydrogen (secondary N) is 3. The molecule has 1 heterocycles. The highest BCUT2D eigenvalue weighted by atomic mass is 32.2. The van der Waals surface area contributed by atoms with E-state index in [9.17, 15) is 32.2 Å². The molecule has 1 aliphatic carbocycles. The Morgan fingerprint density at radius 2 is 1.65 bits per heavy atom. The van der Waals surface area contributed by atoms with Gasteiger partial charge in [-0.2, -0.15) is 23.5 Å². The molecular formula is C40H44F4N6O4S. The number of aromatic nitrogens is 2. The maximum atomic E-state index is 15.7. The topological polar surface area (TPSA) is 138 Å². The van der Waals surface area contributed by atoms with Crippen LogP contribution in [0.5, 0.6) is 0 Å². The van der Waals surface area contributed by atoms with E-state index in [1.807, 2.05) is 0 Å². The number of hydrogen-bond donors (Lipinski definition) is 3. The minimum Gasteiger partial charge on any atom is -0.444 e. The van der Waals surface area contributed by atoms with Crippen LogP contribution in [0.25, 0.3) is 5.69 Å². The van der Waals surface area contributed by atoms with Gasteiger partial charge in [-0.1, -0.05) is 43.2 Å². The van der Waals surface area contributed by atoms with Crippen LogP contribution in [0.4, 0.5) is 28.0 Å². The molecule has 3 N–H and O–H groups in total. The van der Waals surface area contributed by atoms with Gasteiger partial charge in [0.15, 0.2) is 5.69 Å². The minimum atomic E-state index is -4.92. The minimum absolute atomic E-state index is 0.0382. The molecule has 292 valence electrons.